The average Bonchev–Trinajstić information content (AvgIpc) is 3.06. The molecule has 2 heterocycles. The number of aryl methyl sites for hydroxylation is 1. The van der Waals surface area contributed by atoms with Crippen LogP contribution in [0.5, 0.6) is 11.5 Å². The normalized spacial score (nSPS) is 10.4. The van der Waals surface area contributed by atoms with Gasteiger partial charge in [-0.1, -0.05) is 11.2 Å². The SMILES string of the molecule is COc1ccc(CCNc2cnnc(Nc3cc(C)on3)n2)cc1OC. The van der Waals surface area contributed by atoms with Crippen molar-refractivity contribution in [3.8, 4) is 11.5 Å². The molecular formula is C17H20N6O3. The van der Waals surface area contributed by atoms with Crippen molar-refractivity contribution >= 4 is 17.6 Å². The van der Waals surface area contributed by atoms with Crippen LogP contribution in [0, 0.1) is 6.92 Å². The van der Waals surface area contributed by atoms with Crippen LogP contribution in [0.4, 0.5) is 17.6 Å². The highest BCUT2D eigenvalue weighted by atomic mass is 16.5. The molecule has 136 valence electrons. The quantitative estimate of drug-likeness (QED) is 0.629. The van der Waals surface area contributed by atoms with Crippen molar-refractivity contribution in [3.05, 3.63) is 41.8 Å². The lowest BCUT2D eigenvalue weighted by molar-refractivity contribution is 0.354. The zero-order valence-electron chi connectivity index (χ0n) is 14.8. The van der Waals surface area contributed by atoms with E-state index in [1.165, 1.54) is 0 Å². The van der Waals surface area contributed by atoms with Crippen LogP contribution in [0.1, 0.15) is 11.3 Å². The molecule has 9 nitrogen and oxygen atoms in total. The van der Waals surface area contributed by atoms with Crippen LogP contribution in [-0.2, 0) is 6.42 Å². The van der Waals surface area contributed by atoms with Gasteiger partial charge in [0.25, 0.3) is 0 Å². The van der Waals surface area contributed by atoms with Crippen molar-refractivity contribution in [2.24, 2.45) is 0 Å². The molecule has 1 aromatic carbocycles. The highest BCUT2D eigenvalue weighted by molar-refractivity contribution is 5.49. The van der Waals surface area contributed by atoms with E-state index in [1.54, 1.807) is 26.5 Å². The van der Waals surface area contributed by atoms with Gasteiger partial charge in [-0.05, 0) is 31.0 Å². The maximum atomic E-state index is 5.32. The van der Waals surface area contributed by atoms with Gasteiger partial charge in [0.15, 0.2) is 23.1 Å². The molecule has 0 atom stereocenters. The van der Waals surface area contributed by atoms with E-state index in [9.17, 15) is 0 Å². The van der Waals surface area contributed by atoms with Gasteiger partial charge >= 0.3 is 0 Å². The minimum atomic E-state index is 0.342. The lowest BCUT2D eigenvalue weighted by Crippen LogP contribution is -2.09. The van der Waals surface area contributed by atoms with Crippen LogP contribution >= 0.6 is 0 Å². The molecule has 0 amide bonds. The van der Waals surface area contributed by atoms with Gasteiger partial charge in [0, 0.05) is 12.6 Å². The van der Waals surface area contributed by atoms with Crippen molar-refractivity contribution in [1.29, 1.82) is 0 Å². The minimum Gasteiger partial charge on any atom is -0.493 e. The Bertz CT molecular complexity index is 867. The molecule has 2 aromatic heterocycles. The van der Waals surface area contributed by atoms with Crippen LogP contribution in [0.25, 0.3) is 0 Å². The highest BCUT2D eigenvalue weighted by Crippen LogP contribution is 2.27. The van der Waals surface area contributed by atoms with E-state index in [2.05, 4.69) is 31.0 Å². The van der Waals surface area contributed by atoms with E-state index in [0.29, 0.717) is 41.4 Å². The van der Waals surface area contributed by atoms with Crippen molar-refractivity contribution in [2.75, 3.05) is 31.4 Å². The van der Waals surface area contributed by atoms with E-state index in [0.717, 1.165) is 12.0 Å². The summed E-state index contributed by atoms with van der Waals surface area (Å²) in [7, 11) is 3.24. The number of hydrogen-bond acceptors (Lipinski definition) is 9. The molecule has 9 heteroatoms. The number of rotatable bonds is 8. The number of anilines is 3. The van der Waals surface area contributed by atoms with Gasteiger partial charge in [-0.2, -0.15) is 10.1 Å². The Labute approximate surface area is 150 Å². The number of benzene rings is 1. The number of ether oxygens (including phenoxy) is 2. The zero-order valence-corrected chi connectivity index (χ0v) is 14.8. The summed E-state index contributed by atoms with van der Waals surface area (Å²) in [5.74, 6) is 3.61. The van der Waals surface area contributed by atoms with Gasteiger partial charge in [0.05, 0.1) is 20.4 Å². The molecule has 0 aliphatic rings. The third-order valence-electron chi connectivity index (χ3n) is 3.59. The Morgan fingerprint density at radius 2 is 1.92 bits per heavy atom. The summed E-state index contributed by atoms with van der Waals surface area (Å²) in [6.07, 6.45) is 2.35. The predicted octanol–water partition coefficient (Wildman–Crippen LogP) is 2.58. The van der Waals surface area contributed by atoms with Gasteiger partial charge in [0.2, 0.25) is 5.95 Å². The molecule has 0 radical (unpaired) electrons. The second-order valence-corrected chi connectivity index (χ2v) is 5.48. The van der Waals surface area contributed by atoms with Crippen LogP contribution in [-0.4, -0.2) is 41.1 Å². The summed E-state index contributed by atoms with van der Waals surface area (Å²) >= 11 is 0. The summed E-state index contributed by atoms with van der Waals surface area (Å²) in [5.41, 5.74) is 1.12. The third-order valence-corrected chi connectivity index (χ3v) is 3.59. The Hall–Kier alpha value is -3.36. The molecule has 2 N–H and O–H groups in total. The fourth-order valence-corrected chi connectivity index (χ4v) is 2.35. The minimum absolute atomic E-state index is 0.342. The first-order valence-electron chi connectivity index (χ1n) is 8.03. The molecule has 0 bridgehead atoms. The third kappa shape index (κ3) is 4.38. The first kappa shape index (κ1) is 17.5. The Kier molecular flexibility index (Phi) is 5.47. The van der Waals surface area contributed by atoms with Gasteiger partial charge in [-0.3, -0.25) is 0 Å². The predicted molar refractivity (Wildman–Crippen MR) is 96.1 cm³/mol. The second-order valence-electron chi connectivity index (χ2n) is 5.48. The first-order chi connectivity index (χ1) is 12.7. The molecular weight excluding hydrogens is 336 g/mol. The van der Waals surface area contributed by atoms with Crippen LogP contribution < -0.4 is 20.1 Å². The molecule has 0 saturated carbocycles. The fraction of sp³-hybridized carbons (Fsp3) is 0.294. The molecule has 0 aliphatic carbocycles. The smallest absolute Gasteiger partial charge is 0.250 e. The van der Waals surface area contributed by atoms with E-state index in [1.807, 2.05) is 25.1 Å². The average molecular weight is 356 g/mol. The van der Waals surface area contributed by atoms with Crippen molar-refractivity contribution < 1.29 is 14.0 Å². The van der Waals surface area contributed by atoms with Crippen LogP contribution in [0.3, 0.4) is 0 Å². The molecule has 3 rings (SSSR count). The summed E-state index contributed by atoms with van der Waals surface area (Å²) in [6, 6.07) is 7.60. The lowest BCUT2D eigenvalue weighted by atomic mass is 10.1. The summed E-state index contributed by atoms with van der Waals surface area (Å²) < 4.78 is 15.6. The van der Waals surface area contributed by atoms with Crippen LogP contribution in [0.2, 0.25) is 0 Å². The van der Waals surface area contributed by atoms with Gasteiger partial charge in [-0.25, -0.2) is 0 Å². The van der Waals surface area contributed by atoms with Crippen molar-refractivity contribution in [3.63, 3.8) is 0 Å². The van der Waals surface area contributed by atoms with E-state index in [4.69, 9.17) is 14.0 Å². The molecule has 0 fully saturated rings. The number of aromatic nitrogens is 4. The van der Waals surface area contributed by atoms with Crippen LogP contribution in [0.15, 0.2) is 35.0 Å². The number of nitrogens with zero attached hydrogens (tertiary/aromatic N) is 4. The largest absolute Gasteiger partial charge is 0.493 e. The molecule has 0 aliphatic heterocycles. The standard InChI is InChI=1S/C17H20N6O3/c1-11-8-15(23-26-11)20-17-21-16(10-19-22-17)18-7-6-12-4-5-13(24-2)14(9-12)25-3/h4-5,8-10H,6-7H2,1-3H3,(H2,18,20,21,22,23). The highest BCUT2D eigenvalue weighted by Gasteiger charge is 2.06. The lowest BCUT2D eigenvalue weighted by Gasteiger charge is -2.10. The van der Waals surface area contributed by atoms with Gasteiger partial charge in [0.1, 0.15) is 5.76 Å². The Balaban J connectivity index is 1.57. The number of hydrogen-bond donors (Lipinski definition) is 2. The zero-order chi connectivity index (χ0) is 18.4. The van der Waals surface area contributed by atoms with Gasteiger partial charge in [-0.15, -0.1) is 5.10 Å². The van der Waals surface area contributed by atoms with E-state index < -0.39 is 0 Å². The molecule has 0 saturated heterocycles. The first-order valence-corrected chi connectivity index (χ1v) is 8.03. The number of methoxy groups -OCH3 is 2. The molecule has 26 heavy (non-hydrogen) atoms. The Morgan fingerprint density at radius 3 is 2.65 bits per heavy atom. The maximum Gasteiger partial charge on any atom is 0.250 e. The summed E-state index contributed by atoms with van der Waals surface area (Å²) in [4.78, 5) is 4.35. The van der Waals surface area contributed by atoms with Crippen molar-refractivity contribution in [1.82, 2.24) is 20.3 Å². The van der Waals surface area contributed by atoms with E-state index in [-0.39, 0.29) is 0 Å². The van der Waals surface area contributed by atoms with Gasteiger partial charge < -0.3 is 24.6 Å². The topological polar surface area (TPSA) is 107 Å². The Morgan fingerprint density at radius 1 is 1.08 bits per heavy atom. The molecule has 0 unspecified atom stereocenters. The summed E-state index contributed by atoms with van der Waals surface area (Å²) in [6.45, 7) is 2.49. The number of nitrogens with one attached hydrogen (secondary N) is 2. The maximum absolute atomic E-state index is 5.32. The van der Waals surface area contributed by atoms with Crippen molar-refractivity contribution in [2.45, 2.75) is 13.3 Å². The van der Waals surface area contributed by atoms with E-state index >= 15 is 0 Å². The second kappa shape index (κ2) is 8.15. The fourth-order valence-electron chi connectivity index (χ4n) is 2.35. The molecule has 3 aromatic rings. The molecule has 0 spiro atoms. The monoisotopic (exact) mass is 356 g/mol. The summed E-state index contributed by atoms with van der Waals surface area (Å²) in [5, 5.41) is 17.9.